The molecule has 0 radical (unpaired) electrons. The van der Waals surface area contributed by atoms with Crippen LogP contribution in [0.15, 0.2) is 30.4 Å². The van der Waals surface area contributed by atoms with Gasteiger partial charge < -0.3 is 14.4 Å². The first-order valence-corrected chi connectivity index (χ1v) is 8.43. The highest BCUT2D eigenvalue weighted by molar-refractivity contribution is 7.80. The quantitative estimate of drug-likeness (QED) is 0.420. The molecule has 0 spiro atoms. The summed E-state index contributed by atoms with van der Waals surface area (Å²) in [4.78, 5) is 13.4. The maximum Gasteiger partial charge on any atom is 0.419 e. The zero-order chi connectivity index (χ0) is 19.5. The van der Waals surface area contributed by atoms with E-state index in [2.05, 4.69) is 11.3 Å². The third kappa shape index (κ3) is 4.55. The molecule has 0 aliphatic carbocycles. The Morgan fingerprint density at radius 1 is 1.42 bits per heavy atom. The molecule has 0 N–H and O–H groups in total. The average Bonchev–Trinajstić information content (AvgIpc) is 2.52. The van der Waals surface area contributed by atoms with Gasteiger partial charge in [-0.15, -0.1) is 6.58 Å². The van der Waals surface area contributed by atoms with Crippen LogP contribution in [-0.4, -0.2) is 42.2 Å². The number of ether oxygens (including phenoxy) is 2. The number of carbonyl (C=O) groups excluding carboxylic acids is 1. The van der Waals surface area contributed by atoms with E-state index < -0.39 is 23.8 Å². The van der Waals surface area contributed by atoms with Gasteiger partial charge >= 0.3 is 12.1 Å². The van der Waals surface area contributed by atoms with E-state index >= 15 is 0 Å². The maximum atomic E-state index is 13.4. The molecule has 1 heterocycles. The number of benzene rings is 1. The number of likely N-dealkylation sites (tertiary alicyclic amines) is 1. The van der Waals surface area contributed by atoms with Crippen LogP contribution < -0.4 is 4.74 Å². The smallest absolute Gasteiger partial charge is 0.419 e. The van der Waals surface area contributed by atoms with E-state index in [1.165, 1.54) is 19.2 Å². The van der Waals surface area contributed by atoms with Gasteiger partial charge in [0.25, 0.3) is 0 Å². The number of methoxy groups -OCH3 is 1. The fourth-order valence-corrected chi connectivity index (χ4v) is 2.87. The van der Waals surface area contributed by atoms with E-state index in [1.54, 1.807) is 11.8 Å². The van der Waals surface area contributed by atoms with Crippen molar-refractivity contribution in [3.05, 3.63) is 41.5 Å². The standard InChI is InChI=1S/C18H20F3NO3S/c1-11(2)7-9-25-15-5-4-12(10-13(15)18(19,20)21)16(26)22-8-6-14(22)17(23)24-3/h4-5,10,14H,1,6-9H2,2-3H3/t14-/m1/s1. The number of halogens is 3. The van der Waals surface area contributed by atoms with Gasteiger partial charge in [-0.2, -0.15) is 13.2 Å². The molecule has 1 fully saturated rings. The van der Waals surface area contributed by atoms with Crippen LogP contribution in [0, 0.1) is 0 Å². The SMILES string of the molecule is C=C(C)CCOc1ccc(C(=S)N2CC[C@@H]2C(=O)OC)cc1C(F)(F)F. The lowest BCUT2D eigenvalue weighted by Gasteiger charge is -2.40. The second-order valence-electron chi connectivity index (χ2n) is 6.09. The van der Waals surface area contributed by atoms with E-state index in [-0.39, 0.29) is 22.9 Å². The van der Waals surface area contributed by atoms with Crippen LogP contribution in [0.5, 0.6) is 5.75 Å². The molecule has 142 valence electrons. The number of thiocarbonyl (C=S) groups is 1. The summed E-state index contributed by atoms with van der Waals surface area (Å²) in [5.74, 6) is -0.701. The number of hydrogen-bond acceptors (Lipinski definition) is 4. The molecule has 4 nitrogen and oxygen atoms in total. The lowest BCUT2D eigenvalue weighted by Crippen LogP contribution is -2.55. The van der Waals surface area contributed by atoms with Crippen LogP contribution >= 0.6 is 12.2 Å². The molecule has 0 unspecified atom stereocenters. The minimum atomic E-state index is -4.58. The Kier molecular flexibility index (Phi) is 6.28. The molecule has 1 saturated heterocycles. The Labute approximate surface area is 155 Å². The highest BCUT2D eigenvalue weighted by Gasteiger charge is 2.39. The molecule has 8 heteroatoms. The molecule has 0 amide bonds. The van der Waals surface area contributed by atoms with Gasteiger partial charge in [-0.3, -0.25) is 0 Å². The molecule has 1 aliphatic heterocycles. The summed E-state index contributed by atoms with van der Waals surface area (Å²) in [5.41, 5.74) is 0.144. The number of carbonyl (C=O) groups is 1. The van der Waals surface area contributed by atoms with Crippen molar-refractivity contribution in [2.75, 3.05) is 20.3 Å². The summed E-state index contributed by atoms with van der Waals surface area (Å²) in [6, 6.07) is 3.15. The van der Waals surface area contributed by atoms with Crippen LogP contribution in [0.4, 0.5) is 13.2 Å². The number of esters is 1. The molecule has 1 aromatic carbocycles. The van der Waals surface area contributed by atoms with Crippen molar-refractivity contribution in [3.8, 4) is 5.75 Å². The highest BCUT2D eigenvalue weighted by atomic mass is 32.1. The molecule has 1 atom stereocenters. The first-order valence-electron chi connectivity index (χ1n) is 8.02. The van der Waals surface area contributed by atoms with E-state index in [9.17, 15) is 18.0 Å². The van der Waals surface area contributed by atoms with Crippen LogP contribution in [-0.2, 0) is 15.7 Å². The molecule has 0 saturated carbocycles. The zero-order valence-corrected chi connectivity index (χ0v) is 15.4. The van der Waals surface area contributed by atoms with Crippen molar-refractivity contribution in [1.82, 2.24) is 4.90 Å². The Bertz CT molecular complexity index is 718. The molecule has 1 aliphatic rings. The summed E-state index contributed by atoms with van der Waals surface area (Å²) in [5, 5.41) is 0. The monoisotopic (exact) mass is 387 g/mol. The van der Waals surface area contributed by atoms with E-state index in [0.717, 1.165) is 11.6 Å². The minimum Gasteiger partial charge on any atom is -0.493 e. The minimum absolute atomic E-state index is 0.110. The molecular weight excluding hydrogens is 367 g/mol. The Morgan fingerprint density at radius 2 is 2.12 bits per heavy atom. The summed E-state index contributed by atoms with van der Waals surface area (Å²) in [7, 11) is 1.26. The predicted octanol–water partition coefficient (Wildman–Crippen LogP) is 3.97. The van der Waals surface area contributed by atoms with Gasteiger partial charge in [0.15, 0.2) is 0 Å². The van der Waals surface area contributed by atoms with E-state index in [0.29, 0.717) is 19.4 Å². The summed E-state index contributed by atoms with van der Waals surface area (Å²) in [6.07, 6.45) is -3.56. The van der Waals surface area contributed by atoms with Gasteiger partial charge in [0.1, 0.15) is 16.8 Å². The zero-order valence-electron chi connectivity index (χ0n) is 14.6. The Hall–Kier alpha value is -2.09. The topological polar surface area (TPSA) is 38.8 Å². The first-order chi connectivity index (χ1) is 12.1. The number of hydrogen-bond donors (Lipinski definition) is 0. The summed E-state index contributed by atoms with van der Waals surface area (Å²) < 4.78 is 50.2. The fraction of sp³-hybridized carbons (Fsp3) is 0.444. The number of rotatable bonds is 6. The van der Waals surface area contributed by atoms with Crippen LogP contribution in [0.2, 0.25) is 0 Å². The van der Waals surface area contributed by atoms with Gasteiger partial charge in [0, 0.05) is 18.5 Å². The third-order valence-electron chi connectivity index (χ3n) is 4.07. The van der Waals surface area contributed by atoms with Gasteiger partial charge in [-0.1, -0.05) is 17.8 Å². The average molecular weight is 387 g/mol. The van der Waals surface area contributed by atoms with Crippen molar-refractivity contribution in [3.63, 3.8) is 0 Å². The first kappa shape index (κ1) is 20.2. The Morgan fingerprint density at radius 3 is 2.62 bits per heavy atom. The maximum absolute atomic E-state index is 13.4. The number of nitrogens with zero attached hydrogens (tertiary/aromatic N) is 1. The predicted molar refractivity (Wildman–Crippen MR) is 95.2 cm³/mol. The van der Waals surface area contributed by atoms with Crippen molar-refractivity contribution < 1.29 is 27.4 Å². The van der Waals surface area contributed by atoms with Crippen molar-refractivity contribution in [2.45, 2.75) is 32.0 Å². The largest absolute Gasteiger partial charge is 0.493 e. The lowest BCUT2D eigenvalue weighted by atomic mass is 10.0. The second kappa shape index (κ2) is 8.07. The highest BCUT2D eigenvalue weighted by Crippen LogP contribution is 2.37. The van der Waals surface area contributed by atoms with Gasteiger partial charge in [-0.05, 0) is 31.5 Å². The normalized spacial score (nSPS) is 16.7. The number of alkyl halides is 3. The molecular formula is C18H20F3NO3S. The van der Waals surface area contributed by atoms with Gasteiger partial charge in [0.05, 0.1) is 19.3 Å². The molecule has 2 rings (SSSR count). The molecule has 26 heavy (non-hydrogen) atoms. The molecule has 0 aromatic heterocycles. The molecule has 0 bridgehead atoms. The van der Waals surface area contributed by atoms with Crippen LogP contribution in [0.3, 0.4) is 0 Å². The summed E-state index contributed by atoms with van der Waals surface area (Å²) >= 11 is 5.28. The van der Waals surface area contributed by atoms with Crippen LogP contribution in [0.1, 0.15) is 30.9 Å². The third-order valence-corrected chi connectivity index (χ3v) is 4.54. The van der Waals surface area contributed by atoms with E-state index in [1.807, 2.05) is 0 Å². The van der Waals surface area contributed by atoms with Gasteiger partial charge in [0.2, 0.25) is 0 Å². The summed E-state index contributed by atoms with van der Waals surface area (Å²) in [6.45, 7) is 6.08. The van der Waals surface area contributed by atoms with Crippen molar-refractivity contribution in [1.29, 1.82) is 0 Å². The van der Waals surface area contributed by atoms with Gasteiger partial charge in [-0.25, -0.2) is 4.79 Å². The van der Waals surface area contributed by atoms with Crippen molar-refractivity contribution in [2.24, 2.45) is 0 Å². The van der Waals surface area contributed by atoms with E-state index in [4.69, 9.17) is 17.0 Å². The van der Waals surface area contributed by atoms with Crippen LogP contribution in [0.25, 0.3) is 0 Å². The molecule has 1 aromatic rings. The second-order valence-corrected chi connectivity index (χ2v) is 6.48. The Balaban J connectivity index is 2.23. The van der Waals surface area contributed by atoms with Crippen molar-refractivity contribution >= 4 is 23.2 Å². The fourth-order valence-electron chi connectivity index (χ4n) is 2.52. The lowest BCUT2D eigenvalue weighted by molar-refractivity contribution is -0.148.